The van der Waals surface area contributed by atoms with Crippen LogP contribution >= 0.6 is 0 Å². The van der Waals surface area contributed by atoms with E-state index in [2.05, 4.69) is 24.1 Å². The Bertz CT molecular complexity index is 462. The van der Waals surface area contributed by atoms with Crippen LogP contribution in [0.3, 0.4) is 0 Å². The van der Waals surface area contributed by atoms with Crippen molar-refractivity contribution in [1.29, 1.82) is 0 Å². The number of hydrogen-bond donors (Lipinski definition) is 3. The molecule has 0 aliphatic heterocycles. The van der Waals surface area contributed by atoms with Gasteiger partial charge in [-0.2, -0.15) is 0 Å². The number of nitrogens with one attached hydrogen (secondary N) is 2. The van der Waals surface area contributed by atoms with Gasteiger partial charge in [-0.25, -0.2) is 0 Å². The van der Waals surface area contributed by atoms with Gasteiger partial charge in [0.1, 0.15) is 0 Å². The molecule has 3 nitrogen and oxygen atoms in total. The molecule has 0 spiro atoms. The normalized spacial score (nSPS) is 13.5. The Morgan fingerprint density at radius 3 is 2.88 bits per heavy atom. The number of benzene rings is 1. The van der Waals surface area contributed by atoms with Gasteiger partial charge in [0.2, 0.25) is 0 Å². The molecule has 1 heterocycles. The zero-order chi connectivity index (χ0) is 11.5. The van der Waals surface area contributed by atoms with Gasteiger partial charge >= 0.3 is 0 Å². The van der Waals surface area contributed by atoms with Crippen molar-refractivity contribution >= 4 is 10.9 Å². The van der Waals surface area contributed by atoms with Crippen molar-refractivity contribution in [3.8, 4) is 0 Å². The van der Waals surface area contributed by atoms with Gasteiger partial charge < -0.3 is 15.4 Å². The minimum atomic E-state index is -0.457. The fourth-order valence-electron chi connectivity index (χ4n) is 1.86. The maximum absolute atomic E-state index is 10.1. The first kappa shape index (κ1) is 11.2. The quantitative estimate of drug-likeness (QED) is 0.736. The lowest BCUT2D eigenvalue weighted by molar-refractivity contribution is 0.173. The number of aliphatic hydroxyl groups is 1. The minimum absolute atomic E-state index is 0.389. The third-order valence-corrected chi connectivity index (χ3v) is 2.71. The second-order valence-corrected chi connectivity index (χ2v) is 4.36. The van der Waals surface area contributed by atoms with Crippen molar-refractivity contribution in [2.45, 2.75) is 26.0 Å². The second-order valence-electron chi connectivity index (χ2n) is 4.36. The summed E-state index contributed by atoms with van der Waals surface area (Å²) in [6.45, 7) is 4.73. The molecule has 1 atom stereocenters. The largest absolute Gasteiger partial charge is 0.387 e. The molecule has 1 aromatic heterocycles. The predicted octanol–water partition coefficient (Wildman–Crippen LogP) is 2.20. The van der Waals surface area contributed by atoms with E-state index in [1.54, 1.807) is 0 Å². The Morgan fingerprint density at radius 1 is 1.31 bits per heavy atom. The van der Waals surface area contributed by atoms with Gasteiger partial charge in [-0.3, -0.25) is 0 Å². The first-order valence-corrected chi connectivity index (χ1v) is 5.66. The molecule has 86 valence electrons. The lowest BCUT2D eigenvalue weighted by atomic mass is 10.0. The van der Waals surface area contributed by atoms with E-state index in [9.17, 15) is 5.11 Å². The van der Waals surface area contributed by atoms with E-state index in [-0.39, 0.29) is 0 Å². The molecule has 1 unspecified atom stereocenters. The molecule has 0 fully saturated rings. The third kappa shape index (κ3) is 2.26. The van der Waals surface area contributed by atoms with E-state index < -0.39 is 6.10 Å². The van der Waals surface area contributed by atoms with Crippen molar-refractivity contribution in [2.24, 2.45) is 0 Å². The smallest absolute Gasteiger partial charge is 0.0921 e. The van der Waals surface area contributed by atoms with E-state index in [0.29, 0.717) is 12.6 Å². The molecule has 2 rings (SSSR count). The number of H-pyrrole nitrogens is 1. The average Bonchev–Trinajstić information content (AvgIpc) is 2.73. The topological polar surface area (TPSA) is 48.0 Å². The Labute approximate surface area is 95.5 Å². The summed E-state index contributed by atoms with van der Waals surface area (Å²) in [6.07, 6.45) is 1.44. The summed E-state index contributed by atoms with van der Waals surface area (Å²) in [6, 6.07) is 8.35. The summed E-state index contributed by atoms with van der Waals surface area (Å²) >= 11 is 0. The monoisotopic (exact) mass is 218 g/mol. The number of aromatic nitrogens is 1. The van der Waals surface area contributed by atoms with Crippen molar-refractivity contribution in [1.82, 2.24) is 10.3 Å². The van der Waals surface area contributed by atoms with Crippen molar-refractivity contribution in [3.63, 3.8) is 0 Å². The van der Waals surface area contributed by atoms with E-state index in [0.717, 1.165) is 16.5 Å². The molecule has 0 saturated heterocycles. The van der Waals surface area contributed by atoms with Crippen LogP contribution in [0.25, 0.3) is 10.9 Å². The molecular weight excluding hydrogens is 200 g/mol. The number of aromatic amines is 1. The van der Waals surface area contributed by atoms with Crippen LogP contribution in [0, 0.1) is 0 Å². The molecule has 0 aliphatic rings. The molecule has 0 aliphatic carbocycles. The Morgan fingerprint density at radius 2 is 2.12 bits per heavy atom. The molecular formula is C13H18N2O. The predicted molar refractivity (Wildman–Crippen MR) is 66.4 cm³/mol. The number of rotatable bonds is 4. The highest BCUT2D eigenvalue weighted by atomic mass is 16.3. The maximum atomic E-state index is 10.1. The highest BCUT2D eigenvalue weighted by molar-refractivity contribution is 5.83. The highest BCUT2D eigenvalue weighted by Crippen LogP contribution is 2.23. The molecule has 3 N–H and O–H groups in total. The Kier molecular flexibility index (Phi) is 3.27. The first-order valence-electron chi connectivity index (χ1n) is 5.66. The Balaban J connectivity index is 2.22. The minimum Gasteiger partial charge on any atom is -0.387 e. The summed E-state index contributed by atoms with van der Waals surface area (Å²) in [5, 5.41) is 14.4. The van der Waals surface area contributed by atoms with Crippen molar-refractivity contribution < 1.29 is 5.11 Å². The highest BCUT2D eigenvalue weighted by Gasteiger charge is 2.11. The van der Waals surface area contributed by atoms with Crippen LogP contribution in [-0.2, 0) is 0 Å². The summed E-state index contributed by atoms with van der Waals surface area (Å²) in [4.78, 5) is 3.15. The average molecular weight is 218 g/mol. The van der Waals surface area contributed by atoms with Crippen LogP contribution < -0.4 is 5.32 Å². The fourth-order valence-corrected chi connectivity index (χ4v) is 1.86. The number of fused-ring (bicyclic) bond motifs is 1. The zero-order valence-electron chi connectivity index (χ0n) is 9.70. The van der Waals surface area contributed by atoms with E-state index in [1.807, 2.05) is 30.5 Å². The van der Waals surface area contributed by atoms with Gasteiger partial charge in [-0.05, 0) is 17.7 Å². The lowest BCUT2D eigenvalue weighted by Gasteiger charge is -2.15. The van der Waals surface area contributed by atoms with Gasteiger partial charge in [0, 0.05) is 29.7 Å². The molecule has 1 aromatic carbocycles. The Hall–Kier alpha value is -1.32. The van der Waals surface area contributed by atoms with Gasteiger partial charge in [-0.15, -0.1) is 0 Å². The summed E-state index contributed by atoms with van der Waals surface area (Å²) in [5.74, 6) is 0. The SMILES string of the molecule is CC(C)NCC(O)c1cccc2[nH]ccc12. The van der Waals surface area contributed by atoms with Crippen LogP contribution in [0.4, 0.5) is 0 Å². The van der Waals surface area contributed by atoms with Gasteiger partial charge in [0.25, 0.3) is 0 Å². The van der Waals surface area contributed by atoms with Crippen LogP contribution in [-0.4, -0.2) is 22.7 Å². The zero-order valence-corrected chi connectivity index (χ0v) is 9.70. The molecule has 0 amide bonds. The molecule has 0 radical (unpaired) electrons. The van der Waals surface area contributed by atoms with E-state index >= 15 is 0 Å². The molecule has 3 heteroatoms. The van der Waals surface area contributed by atoms with Crippen LogP contribution in [0.2, 0.25) is 0 Å². The second kappa shape index (κ2) is 4.68. The van der Waals surface area contributed by atoms with E-state index in [1.165, 1.54) is 0 Å². The molecule has 16 heavy (non-hydrogen) atoms. The van der Waals surface area contributed by atoms with Crippen molar-refractivity contribution in [2.75, 3.05) is 6.54 Å². The summed E-state index contributed by atoms with van der Waals surface area (Å²) in [5.41, 5.74) is 2.05. The standard InChI is InChI=1S/C13H18N2O/c1-9(2)15-8-13(16)11-4-3-5-12-10(11)6-7-14-12/h3-7,9,13-16H,8H2,1-2H3. The molecule has 0 saturated carbocycles. The van der Waals surface area contributed by atoms with Crippen molar-refractivity contribution in [3.05, 3.63) is 36.0 Å². The van der Waals surface area contributed by atoms with Crippen LogP contribution in [0.5, 0.6) is 0 Å². The fraction of sp³-hybridized carbons (Fsp3) is 0.385. The maximum Gasteiger partial charge on any atom is 0.0921 e. The van der Waals surface area contributed by atoms with Crippen LogP contribution in [0.1, 0.15) is 25.5 Å². The molecule has 0 bridgehead atoms. The summed E-state index contributed by atoms with van der Waals surface area (Å²) in [7, 11) is 0. The van der Waals surface area contributed by atoms with Gasteiger partial charge in [0.05, 0.1) is 6.10 Å². The third-order valence-electron chi connectivity index (χ3n) is 2.71. The lowest BCUT2D eigenvalue weighted by Crippen LogP contribution is -2.27. The summed E-state index contributed by atoms with van der Waals surface area (Å²) < 4.78 is 0. The molecule has 2 aromatic rings. The first-order chi connectivity index (χ1) is 7.68. The van der Waals surface area contributed by atoms with E-state index in [4.69, 9.17) is 0 Å². The van der Waals surface area contributed by atoms with Gasteiger partial charge in [-0.1, -0.05) is 26.0 Å². The van der Waals surface area contributed by atoms with Crippen LogP contribution in [0.15, 0.2) is 30.5 Å². The number of aliphatic hydroxyl groups excluding tert-OH is 1. The number of hydrogen-bond acceptors (Lipinski definition) is 2. The van der Waals surface area contributed by atoms with Gasteiger partial charge in [0.15, 0.2) is 0 Å².